The second kappa shape index (κ2) is 7.60. The second-order valence-electron chi connectivity index (χ2n) is 7.33. The molecule has 2 heterocycles. The summed E-state index contributed by atoms with van der Waals surface area (Å²) in [5.74, 6) is 0.146. The Kier molecular flexibility index (Phi) is 5.05. The van der Waals surface area contributed by atoms with Gasteiger partial charge in [0, 0.05) is 25.0 Å². The summed E-state index contributed by atoms with van der Waals surface area (Å²) in [4.78, 5) is 14.9. The number of benzene rings is 2. The van der Waals surface area contributed by atoms with Crippen molar-refractivity contribution in [3.05, 3.63) is 60.2 Å². The second-order valence-corrected chi connectivity index (χ2v) is 7.33. The van der Waals surface area contributed by atoms with E-state index in [2.05, 4.69) is 65.7 Å². The van der Waals surface area contributed by atoms with Gasteiger partial charge in [0.2, 0.25) is 5.91 Å². The zero-order valence-corrected chi connectivity index (χ0v) is 15.2. The molecule has 0 saturated carbocycles. The Morgan fingerprint density at radius 3 is 2.65 bits per heavy atom. The highest BCUT2D eigenvalue weighted by atomic mass is 16.5. The summed E-state index contributed by atoms with van der Waals surface area (Å²) in [6.07, 6.45) is 1.52. The highest BCUT2D eigenvalue weighted by Crippen LogP contribution is 2.34. The van der Waals surface area contributed by atoms with Crippen molar-refractivity contribution in [3.8, 4) is 11.1 Å². The number of carbonyl (C=O) groups is 1. The topological polar surface area (TPSA) is 41.6 Å². The molecule has 0 spiro atoms. The number of hydrogen-bond donors (Lipinski definition) is 1. The van der Waals surface area contributed by atoms with Crippen LogP contribution in [0.2, 0.25) is 0 Å². The van der Waals surface area contributed by atoms with Crippen LogP contribution in [0, 0.1) is 0 Å². The van der Waals surface area contributed by atoms with Crippen LogP contribution in [0.3, 0.4) is 0 Å². The Balaban J connectivity index is 1.62. The first-order valence-electron chi connectivity index (χ1n) is 9.49. The van der Waals surface area contributed by atoms with E-state index in [1.807, 2.05) is 6.07 Å². The largest absolute Gasteiger partial charge is 0.379 e. The minimum atomic E-state index is 0.0488. The van der Waals surface area contributed by atoms with E-state index in [1.54, 1.807) is 0 Å². The highest BCUT2D eigenvalue weighted by Gasteiger charge is 2.35. The number of rotatable bonds is 3. The molecule has 136 valence electrons. The van der Waals surface area contributed by atoms with E-state index in [4.69, 9.17) is 4.74 Å². The maximum Gasteiger partial charge on any atom is 0.222 e. The van der Waals surface area contributed by atoms with E-state index < -0.39 is 0 Å². The molecule has 2 aromatic rings. The number of piperidine rings is 1. The number of ether oxygens (including phenoxy) is 1. The fraction of sp³-hybridized carbons (Fsp3) is 0.409. The lowest BCUT2D eigenvalue weighted by Gasteiger charge is -2.43. The molecule has 4 rings (SSSR count). The van der Waals surface area contributed by atoms with Crippen LogP contribution in [-0.4, -0.2) is 42.6 Å². The summed E-state index contributed by atoms with van der Waals surface area (Å²) in [5.41, 5.74) is 3.60. The smallest absolute Gasteiger partial charge is 0.222 e. The molecule has 0 radical (unpaired) electrons. The number of amides is 1. The van der Waals surface area contributed by atoms with E-state index in [0.717, 1.165) is 26.2 Å². The number of nitrogens with zero attached hydrogens (tertiary/aromatic N) is 1. The molecule has 2 aliphatic rings. The fourth-order valence-electron chi connectivity index (χ4n) is 4.30. The van der Waals surface area contributed by atoms with Crippen LogP contribution < -0.4 is 5.32 Å². The highest BCUT2D eigenvalue weighted by molar-refractivity contribution is 5.79. The van der Waals surface area contributed by atoms with Crippen molar-refractivity contribution in [1.29, 1.82) is 0 Å². The number of morpholine rings is 1. The molecule has 3 unspecified atom stereocenters. The van der Waals surface area contributed by atoms with Gasteiger partial charge in [-0.1, -0.05) is 54.6 Å². The van der Waals surface area contributed by atoms with Gasteiger partial charge >= 0.3 is 0 Å². The molecule has 2 aliphatic heterocycles. The van der Waals surface area contributed by atoms with Gasteiger partial charge in [-0.05, 0) is 30.0 Å². The van der Waals surface area contributed by atoms with Gasteiger partial charge in [-0.3, -0.25) is 9.69 Å². The molecule has 3 atom stereocenters. The van der Waals surface area contributed by atoms with Crippen molar-refractivity contribution < 1.29 is 9.53 Å². The first kappa shape index (κ1) is 17.3. The lowest BCUT2D eigenvalue weighted by Crippen LogP contribution is -2.54. The average Bonchev–Trinajstić information content (AvgIpc) is 2.68. The Morgan fingerprint density at radius 2 is 1.85 bits per heavy atom. The van der Waals surface area contributed by atoms with Crippen molar-refractivity contribution in [3.63, 3.8) is 0 Å². The predicted octanol–water partition coefficient (Wildman–Crippen LogP) is 3.39. The average molecular weight is 350 g/mol. The minimum Gasteiger partial charge on any atom is -0.379 e. The van der Waals surface area contributed by atoms with Crippen molar-refractivity contribution in [2.24, 2.45) is 0 Å². The van der Waals surface area contributed by atoms with Gasteiger partial charge in [-0.2, -0.15) is 0 Å². The molecule has 2 saturated heterocycles. The van der Waals surface area contributed by atoms with Crippen LogP contribution in [0.25, 0.3) is 11.1 Å². The molecule has 2 fully saturated rings. The number of carbonyl (C=O) groups excluding carboxylic acids is 1. The van der Waals surface area contributed by atoms with Gasteiger partial charge in [0.05, 0.1) is 19.3 Å². The standard InChI is InChI=1S/C22H26N2O2/c1-16-15-26-12-11-24(16)18-13-21(23-22(25)14-18)20-10-6-5-9-19(20)17-7-3-2-4-8-17/h2-10,16,18,21H,11-15H2,1H3,(H,23,25). The van der Waals surface area contributed by atoms with E-state index in [1.165, 1.54) is 16.7 Å². The van der Waals surface area contributed by atoms with E-state index in [-0.39, 0.29) is 18.0 Å². The van der Waals surface area contributed by atoms with Gasteiger partial charge in [0.1, 0.15) is 0 Å². The molecule has 2 aromatic carbocycles. The lowest BCUT2D eigenvalue weighted by atomic mass is 9.87. The molecule has 1 amide bonds. The summed E-state index contributed by atoms with van der Waals surface area (Å²) in [7, 11) is 0. The summed E-state index contributed by atoms with van der Waals surface area (Å²) >= 11 is 0. The Hall–Kier alpha value is -2.17. The van der Waals surface area contributed by atoms with Crippen LogP contribution in [0.15, 0.2) is 54.6 Å². The first-order valence-corrected chi connectivity index (χ1v) is 9.49. The molecule has 4 heteroatoms. The quantitative estimate of drug-likeness (QED) is 0.922. The third-order valence-electron chi connectivity index (χ3n) is 5.57. The van der Waals surface area contributed by atoms with E-state index in [0.29, 0.717) is 12.5 Å². The van der Waals surface area contributed by atoms with Gasteiger partial charge in [0.15, 0.2) is 0 Å². The predicted molar refractivity (Wildman–Crippen MR) is 103 cm³/mol. The molecule has 0 aromatic heterocycles. The van der Waals surface area contributed by atoms with Crippen molar-refractivity contribution >= 4 is 5.91 Å². The van der Waals surface area contributed by atoms with E-state index >= 15 is 0 Å². The summed E-state index contributed by atoms with van der Waals surface area (Å²) in [6.45, 7) is 4.61. The van der Waals surface area contributed by atoms with Crippen molar-refractivity contribution in [1.82, 2.24) is 10.2 Å². The lowest BCUT2D eigenvalue weighted by molar-refractivity contribution is -0.127. The molecule has 4 nitrogen and oxygen atoms in total. The van der Waals surface area contributed by atoms with Gasteiger partial charge < -0.3 is 10.1 Å². The molecule has 1 N–H and O–H groups in total. The summed E-state index contributed by atoms with van der Waals surface area (Å²) in [6, 6.07) is 19.5. The van der Waals surface area contributed by atoms with Gasteiger partial charge in [-0.25, -0.2) is 0 Å². The number of nitrogens with one attached hydrogen (secondary N) is 1. The summed E-state index contributed by atoms with van der Waals surface area (Å²) < 4.78 is 5.58. The maximum atomic E-state index is 12.5. The third kappa shape index (κ3) is 3.53. The van der Waals surface area contributed by atoms with E-state index in [9.17, 15) is 4.79 Å². The number of hydrogen-bond acceptors (Lipinski definition) is 3. The molecular formula is C22H26N2O2. The van der Waals surface area contributed by atoms with Crippen LogP contribution in [0.4, 0.5) is 0 Å². The monoisotopic (exact) mass is 350 g/mol. The molecule has 26 heavy (non-hydrogen) atoms. The summed E-state index contributed by atoms with van der Waals surface area (Å²) in [5, 5.41) is 3.23. The fourth-order valence-corrected chi connectivity index (χ4v) is 4.30. The normalized spacial score (nSPS) is 27.1. The van der Waals surface area contributed by atoms with Gasteiger partial charge in [-0.15, -0.1) is 0 Å². The Labute approximate surface area is 155 Å². The van der Waals surface area contributed by atoms with Crippen LogP contribution in [0.1, 0.15) is 31.4 Å². The zero-order chi connectivity index (χ0) is 17.9. The van der Waals surface area contributed by atoms with Crippen LogP contribution in [0.5, 0.6) is 0 Å². The SMILES string of the molecule is CC1COCCN1C1CC(=O)NC(c2ccccc2-c2ccccc2)C1. The minimum absolute atomic E-state index is 0.0488. The maximum absolute atomic E-state index is 12.5. The first-order chi connectivity index (χ1) is 12.7. The van der Waals surface area contributed by atoms with Crippen molar-refractivity contribution in [2.75, 3.05) is 19.8 Å². The molecular weight excluding hydrogens is 324 g/mol. The molecule has 0 aliphatic carbocycles. The zero-order valence-electron chi connectivity index (χ0n) is 15.2. The van der Waals surface area contributed by atoms with Crippen molar-refractivity contribution in [2.45, 2.75) is 37.9 Å². The molecule has 0 bridgehead atoms. The van der Waals surface area contributed by atoms with Crippen LogP contribution >= 0.6 is 0 Å². The third-order valence-corrected chi connectivity index (χ3v) is 5.57. The van der Waals surface area contributed by atoms with Crippen LogP contribution in [-0.2, 0) is 9.53 Å². The van der Waals surface area contributed by atoms with Gasteiger partial charge in [0.25, 0.3) is 0 Å². The Bertz CT molecular complexity index is 762. The Morgan fingerprint density at radius 1 is 1.08 bits per heavy atom.